The molecule has 8 aromatic carbocycles. The van der Waals surface area contributed by atoms with E-state index < -0.39 is 0 Å². The minimum Gasteiger partial charge on any atom is -0.311 e. The van der Waals surface area contributed by atoms with Crippen molar-refractivity contribution >= 4 is 85.1 Å². The highest BCUT2D eigenvalue weighted by Gasteiger charge is 2.43. The lowest BCUT2D eigenvalue weighted by atomic mass is 9.33. The Balaban J connectivity index is 1.25. The van der Waals surface area contributed by atoms with Gasteiger partial charge in [0.05, 0.1) is 5.69 Å². The van der Waals surface area contributed by atoms with Crippen molar-refractivity contribution < 1.29 is 0 Å². The summed E-state index contributed by atoms with van der Waals surface area (Å²) in [7, 11) is 0. The van der Waals surface area contributed by atoms with Crippen LogP contribution in [0.5, 0.6) is 0 Å². The number of benzene rings is 8. The molecule has 0 amide bonds. The molecule has 0 aromatic heterocycles. The van der Waals surface area contributed by atoms with Crippen molar-refractivity contribution in [2.75, 3.05) is 14.7 Å². The number of anilines is 9. The van der Waals surface area contributed by atoms with Gasteiger partial charge in [-0.2, -0.15) is 0 Å². The molecule has 0 aliphatic carbocycles. The van der Waals surface area contributed by atoms with Gasteiger partial charge < -0.3 is 14.7 Å². The Morgan fingerprint density at radius 1 is 0.423 bits per heavy atom. The maximum Gasteiger partial charge on any atom is 0.252 e. The molecule has 2 heterocycles. The van der Waals surface area contributed by atoms with Crippen LogP contribution in [0.4, 0.5) is 51.2 Å². The summed E-state index contributed by atoms with van der Waals surface area (Å²) in [5.74, 6) is 0. The molecule has 0 radical (unpaired) electrons. The first kappa shape index (κ1) is 30.3. The summed E-state index contributed by atoms with van der Waals surface area (Å²) in [5, 5.41) is 2.44. The first-order chi connectivity index (χ1) is 25.6. The summed E-state index contributed by atoms with van der Waals surface area (Å²) in [6.45, 7) is 4.45. The van der Waals surface area contributed by atoms with E-state index in [0.29, 0.717) is 0 Å². The predicted molar refractivity (Wildman–Crippen MR) is 222 cm³/mol. The number of para-hydroxylation sites is 2. The van der Waals surface area contributed by atoms with Gasteiger partial charge in [-0.1, -0.05) is 115 Å². The van der Waals surface area contributed by atoms with Crippen LogP contribution in [-0.4, -0.2) is 6.71 Å². The van der Waals surface area contributed by atoms with E-state index in [1.165, 1.54) is 66.7 Å². The Morgan fingerprint density at radius 3 is 1.88 bits per heavy atom. The first-order valence-electron chi connectivity index (χ1n) is 18.1. The Labute approximate surface area is 305 Å². The zero-order valence-electron chi connectivity index (χ0n) is 29.2. The van der Waals surface area contributed by atoms with Gasteiger partial charge in [0.15, 0.2) is 0 Å². The fourth-order valence-electron chi connectivity index (χ4n) is 8.49. The molecule has 246 valence electrons. The third-order valence-electron chi connectivity index (χ3n) is 10.7. The Hall–Kier alpha value is -6.52. The number of rotatable bonds is 5. The molecule has 4 heteroatoms. The van der Waals surface area contributed by atoms with Crippen molar-refractivity contribution in [3.63, 3.8) is 0 Å². The smallest absolute Gasteiger partial charge is 0.252 e. The summed E-state index contributed by atoms with van der Waals surface area (Å²) < 4.78 is 0. The van der Waals surface area contributed by atoms with Crippen LogP contribution in [0, 0.1) is 13.8 Å². The van der Waals surface area contributed by atoms with Gasteiger partial charge in [-0.25, -0.2) is 0 Å². The maximum absolute atomic E-state index is 2.48. The van der Waals surface area contributed by atoms with E-state index in [9.17, 15) is 0 Å². The van der Waals surface area contributed by atoms with E-state index in [1.54, 1.807) is 0 Å². The van der Waals surface area contributed by atoms with Crippen molar-refractivity contribution in [3.05, 3.63) is 193 Å². The molecular formula is C48H36BN3. The number of aryl methyl sites for hydroxylation is 2. The lowest BCUT2D eigenvalue weighted by Crippen LogP contribution is -2.61. The van der Waals surface area contributed by atoms with Crippen LogP contribution in [-0.2, 0) is 0 Å². The molecule has 0 unspecified atom stereocenters. The predicted octanol–water partition coefficient (Wildman–Crippen LogP) is 11.0. The second kappa shape index (κ2) is 12.1. The standard InChI is InChI=1S/C48H36BN3/c1-33-14-11-21-38(30-33)52-44-29-26-34(2)31-42(44)49-41-28-27-39(32-47(41)51(37-19-7-4-8-20-37)45-24-13-25-46(52)48(45)49)50(36-17-5-3-6-18-36)43-23-12-16-35-15-9-10-22-40(35)43/h3-32H,1-2H3. The highest BCUT2D eigenvalue weighted by atomic mass is 15.2. The lowest BCUT2D eigenvalue weighted by molar-refractivity contribution is 1.24. The van der Waals surface area contributed by atoms with Crippen molar-refractivity contribution in [1.29, 1.82) is 0 Å². The van der Waals surface area contributed by atoms with Crippen molar-refractivity contribution in [3.8, 4) is 0 Å². The average molecular weight is 666 g/mol. The van der Waals surface area contributed by atoms with Gasteiger partial charge in [-0.15, -0.1) is 0 Å². The van der Waals surface area contributed by atoms with Gasteiger partial charge in [0.25, 0.3) is 6.71 Å². The van der Waals surface area contributed by atoms with Crippen LogP contribution >= 0.6 is 0 Å². The van der Waals surface area contributed by atoms with E-state index in [1.807, 2.05) is 0 Å². The Morgan fingerprint density at radius 2 is 1.08 bits per heavy atom. The van der Waals surface area contributed by atoms with Crippen LogP contribution in [0.15, 0.2) is 182 Å². The van der Waals surface area contributed by atoms with Gasteiger partial charge in [-0.3, -0.25) is 0 Å². The van der Waals surface area contributed by atoms with Crippen LogP contribution in [0.2, 0.25) is 0 Å². The Kier molecular flexibility index (Phi) is 7.04. The van der Waals surface area contributed by atoms with Crippen LogP contribution < -0.4 is 31.1 Å². The quantitative estimate of drug-likeness (QED) is 0.169. The largest absolute Gasteiger partial charge is 0.311 e. The maximum atomic E-state index is 2.48. The monoisotopic (exact) mass is 665 g/mol. The van der Waals surface area contributed by atoms with Crippen molar-refractivity contribution in [1.82, 2.24) is 0 Å². The first-order valence-corrected chi connectivity index (χ1v) is 18.1. The van der Waals surface area contributed by atoms with E-state index in [4.69, 9.17) is 0 Å². The minimum atomic E-state index is 0.0638. The average Bonchev–Trinajstić information content (AvgIpc) is 3.19. The van der Waals surface area contributed by atoms with Crippen molar-refractivity contribution in [2.24, 2.45) is 0 Å². The lowest BCUT2D eigenvalue weighted by Gasteiger charge is -2.44. The third-order valence-corrected chi connectivity index (χ3v) is 10.7. The minimum absolute atomic E-state index is 0.0638. The highest BCUT2D eigenvalue weighted by Crippen LogP contribution is 2.46. The fourth-order valence-corrected chi connectivity index (χ4v) is 8.49. The molecule has 52 heavy (non-hydrogen) atoms. The fraction of sp³-hybridized carbons (Fsp3) is 0.0417. The van der Waals surface area contributed by atoms with Crippen LogP contribution in [0.3, 0.4) is 0 Å². The van der Waals surface area contributed by atoms with E-state index in [0.717, 1.165) is 22.7 Å². The van der Waals surface area contributed by atoms with Crippen LogP contribution in [0.1, 0.15) is 11.1 Å². The Bertz CT molecular complexity index is 2630. The molecule has 8 aromatic rings. The van der Waals surface area contributed by atoms with E-state index >= 15 is 0 Å². The van der Waals surface area contributed by atoms with E-state index in [2.05, 4.69) is 211 Å². The number of nitrogens with zero attached hydrogens (tertiary/aromatic N) is 3. The molecule has 0 N–H and O–H groups in total. The summed E-state index contributed by atoms with van der Waals surface area (Å²) in [5.41, 5.74) is 17.0. The van der Waals surface area contributed by atoms with Gasteiger partial charge in [-0.05, 0) is 114 Å². The summed E-state index contributed by atoms with van der Waals surface area (Å²) in [6.07, 6.45) is 0. The summed E-state index contributed by atoms with van der Waals surface area (Å²) in [6, 6.07) is 66.7. The molecule has 2 aliphatic heterocycles. The van der Waals surface area contributed by atoms with Gasteiger partial charge >= 0.3 is 0 Å². The second-order valence-electron chi connectivity index (χ2n) is 14.0. The molecule has 2 aliphatic rings. The highest BCUT2D eigenvalue weighted by molar-refractivity contribution is 7.00. The number of fused-ring (bicyclic) bond motifs is 5. The van der Waals surface area contributed by atoms with Gasteiger partial charge in [0.2, 0.25) is 0 Å². The normalized spacial score (nSPS) is 12.7. The van der Waals surface area contributed by atoms with Crippen molar-refractivity contribution in [2.45, 2.75) is 13.8 Å². The molecule has 0 saturated carbocycles. The zero-order chi connectivity index (χ0) is 34.8. The molecule has 0 bridgehead atoms. The number of hydrogen-bond donors (Lipinski definition) is 0. The SMILES string of the molecule is Cc1cccc(N2c3ccc(C)cc3B3c4ccc(N(c5ccccc5)c5cccc6ccccc56)cc4N(c4ccccc4)c4cccc2c43)c1. The van der Waals surface area contributed by atoms with Crippen LogP contribution in [0.25, 0.3) is 10.8 Å². The second-order valence-corrected chi connectivity index (χ2v) is 14.0. The van der Waals surface area contributed by atoms with Gasteiger partial charge in [0.1, 0.15) is 0 Å². The summed E-state index contributed by atoms with van der Waals surface area (Å²) >= 11 is 0. The number of hydrogen-bond acceptors (Lipinski definition) is 3. The molecular weight excluding hydrogens is 629 g/mol. The summed E-state index contributed by atoms with van der Waals surface area (Å²) in [4.78, 5) is 7.36. The molecule has 3 nitrogen and oxygen atoms in total. The molecule has 0 fully saturated rings. The zero-order valence-corrected chi connectivity index (χ0v) is 29.2. The molecule has 10 rings (SSSR count). The molecule has 0 saturated heterocycles. The van der Waals surface area contributed by atoms with E-state index in [-0.39, 0.29) is 6.71 Å². The molecule has 0 spiro atoms. The topological polar surface area (TPSA) is 9.72 Å². The van der Waals surface area contributed by atoms with Gasteiger partial charge in [0, 0.05) is 50.9 Å². The molecule has 0 atom stereocenters. The third kappa shape index (κ3) is 4.75.